The van der Waals surface area contributed by atoms with E-state index in [1.54, 1.807) is 14.2 Å². The molecule has 3 rings (SSSR count). The Kier molecular flexibility index (Phi) is 13.2. The summed E-state index contributed by atoms with van der Waals surface area (Å²) in [6.45, 7) is 16.0. The van der Waals surface area contributed by atoms with Gasteiger partial charge >= 0.3 is 0 Å². The molecule has 42 heavy (non-hydrogen) atoms. The fraction of sp³-hybridized carbons (Fsp3) is 0.657. The molecule has 0 radical (unpaired) electrons. The smallest absolute Gasteiger partial charge is 0.191 e. The van der Waals surface area contributed by atoms with Crippen LogP contribution in [0.3, 0.4) is 0 Å². The number of ether oxygens (including phenoxy) is 5. The largest absolute Gasteiger partial charge is 0.492 e. The molecule has 0 bridgehead atoms. The van der Waals surface area contributed by atoms with Gasteiger partial charge in [0, 0.05) is 38.2 Å². The number of fused-ring (bicyclic) bond motifs is 1. The number of hydrogen-bond donors (Lipinski definition) is 0. The highest BCUT2D eigenvalue weighted by molar-refractivity contribution is 6.74. The first-order chi connectivity index (χ1) is 20.0. The van der Waals surface area contributed by atoms with Crippen molar-refractivity contribution in [1.82, 2.24) is 0 Å². The Morgan fingerprint density at radius 3 is 2.00 bits per heavy atom. The fourth-order valence-electron chi connectivity index (χ4n) is 5.51. The highest BCUT2D eigenvalue weighted by Crippen LogP contribution is 2.50. The Morgan fingerprint density at radius 1 is 0.810 bits per heavy atom. The van der Waals surface area contributed by atoms with Gasteiger partial charge in [0.15, 0.2) is 21.9 Å². The van der Waals surface area contributed by atoms with Gasteiger partial charge in [-0.25, -0.2) is 0 Å². The van der Waals surface area contributed by atoms with E-state index in [4.69, 9.17) is 28.1 Å². The fourth-order valence-corrected chi connectivity index (χ4v) is 6.60. The van der Waals surface area contributed by atoms with Gasteiger partial charge in [0.25, 0.3) is 0 Å². The molecule has 2 aromatic carbocycles. The molecular formula is C35H56O6Si. The van der Waals surface area contributed by atoms with Gasteiger partial charge in [-0.1, -0.05) is 84.4 Å². The van der Waals surface area contributed by atoms with Crippen LogP contribution < -0.4 is 14.2 Å². The average molecular weight is 601 g/mol. The lowest BCUT2D eigenvalue weighted by molar-refractivity contribution is 0.0505. The van der Waals surface area contributed by atoms with E-state index in [1.807, 2.05) is 24.3 Å². The number of hydrogen-bond acceptors (Lipinski definition) is 6. The third kappa shape index (κ3) is 9.47. The lowest BCUT2D eigenvalue weighted by Crippen LogP contribution is -2.40. The van der Waals surface area contributed by atoms with E-state index in [2.05, 4.69) is 59.0 Å². The van der Waals surface area contributed by atoms with Crippen molar-refractivity contribution in [2.75, 3.05) is 41.0 Å². The van der Waals surface area contributed by atoms with Crippen molar-refractivity contribution >= 4 is 8.32 Å². The standard InChI is InChI=1S/C35H56O6Si/c1-34(2,3)42(7,8)41-23-15-13-11-9-10-12-14-16-32-31-22-21-30(40-27-37-6)24-33(31)38-25-35(32,4)28-17-19-29(20-18-28)39-26-36-5/h17-22,24,32H,9-16,23,25-27H2,1-8H3. The van der Waals surface area contributed by atoms with Crippen LogP contribution in [0.1, 0.15) is 96.1 Å². The second-order valence-corrected chi connectivity index (χ2v) is 18.3. The highest BCUT2D eigenvalue weighted by Gasteiger charge is 2.42. The molecule has 7 heteroatoms. The van der Waals surface area contributed by atoms with Crippen LogP contribution in [0.5, 0.6) is 17.2 Å². The molecule has 0 spiro atoms. The van der Waals surface area contributed by atoms with Crippen molar-refractivity contribution in [3.63, 3.8) is 0 Å². The van der Waals surface area contributed by atoms with Gasteiger partial charge in [-0.2, -0.15) is 0 Å². The Balaban J connectivity index is 1.56. The van der Waals surface area contributed by atoms with Crippen LogP contribution in [-0.4, -0.2) is 49.3 Å². The van der Waals surface area contributed by atoms with Crippen LogP contribution >= 0.6 is 0 Å². The second kappa shape index (κ2) is 16.1. The molecule has 1 aliphatic rings. The quantitative estimate of drug-likeness (QED) is 0.0966. The van der Waals surface area contributed by atoms with Crippen molar-refractivity contribution in [1.29, 1.82) is 0 Å². The summed E-state index contributed by atoms with van der Waals surface area (Å²) in [5, 5.41) is 0.288. The van der Waals surface area contributed by atoms with Gasteiger partial charge in [0.2, 0.25) is 0 Å². The monoisotopic (exact) mass is 600 g/mol. The van der Waals surface area contributed by atoms with Crippen LogP contribution in [0.15, 0.2) is 42.5 Å². The molecule has 6 nitrogen and oxygen atoms in total. The van der Waals surface area contributed by atoms with Crippen molar-refractivity contribution in [2.45, 2.75) is 109 Å². The Hall–Kier alpha value is -2.06. The van der Waals surface area contributed by atoms with E-state index in [0.29, 0.717) is 12.5 Å². The van der Waals surface area contributed by atoms with Crippen LogP contribution in [0, 0.1) is 0 Å². The SMILES string of the molecule is COCOc1ccc(C2(C)COc3cc(OCOC)ccc3C2CCCCCCCCCO[Si](C)(C)C(C)(C)C)cc1. The summed E-state index contributed by atoms with van der Waals surface area (Å²) in [5.41, 5.74) is 2.38. The minimum atomic E-state index is -1.62. The summed E-state index contributed by atoms with van der Waals surface area (Å²) in [6, 6.07) is 14.7. The number of benzene rings is 2. The summed E-state index contributed by atoms with van der Waals surface area (Å²) in [6.07, 6.45) is 9.88. The molecule has 236 valence electrons. The lowest BCUT2D eigenvalue weighted by Gasteiger charge is -2.43. The van der Waals surface area contributed by atoms with Crippen molar-refractivity contribution < 1.29 is 28.1 Å². The Bertz CT molecular complexity index is 1060. The zero-order valence-corrected chi connectivity index (χ0v) is 28.6. The summed E-state index contributed by atoms with van der Waals surface area (Å²) < 4.78 is 34.2. The van der Waals surface area contributed by atoms with Gasteiger partial charge < -0.3 is 28.1 Å². The summed E-state index contributed by atoms with van der Waals surface area (Å²) in [4.78, 5) is 0. The topological polar surface area (TPSA) is 55.4 Å². The van der Waals surface area contributed by atoms with Crippen LogP contribution in [0.25, 0.3) is 0 Å². The van der Waals surface area contributed by atoms with Crippen molar-refractivity contribution in [3.8, 4) is 17.2 Å². The van der Waals surface area contributed by atoms with Gasteiger partial charge in [0.1, 0.15) is 17.2 Å². The molecule has 1 heterocycles. The third-order valence-corrected chi connectivity index (χ3v) is 13.8. The van der Waals surface area contributed by atoms with Gasteiger partial charge in [-0.15, -0.1) is 0 Å². The normalized spacial score (nSPS) is 18.8. The molecule has 1 aliphatic heterocycles. The molecule has 2 unspecified atom stereocenters. The van der Waals surface area contributed by atoms with E-state index in [9.17, 15) is 0 Å². The lowest BCUT2D eigenvalue weighted by atomic mass is 9.66. The maximum atomic E-state index is 6.39. The number of methoxy groups -OCH3 is 2. The molecule has 2 atom stereocenters. The van der Waals surface area contributed by atoms with E-state index in [-0.39, 0.29) is 24.0 Å². The first kappa shape index (κ1) is 34.4. The predicted molar refractivity (Wildman–Crippen MR) is 174 cm³/mol. The zero-order valence-electron chi connectivity index (χ0n) is 27.6. The molecule has 0 N–H and O–H groups in total. The second-order valence-electron chi connectivity index (χ2n) is 13.5. The molecular weight excluding hydrogens is 544 g/mol. The summed E-state index contributed by atoms with van der Waals surface area (Å²) in [5.74, 6) is 2.85. The molecule has 2 aromatic rings. The summed E-state index contributed by atoms with van der Waals surface area (Å²) >= 11 is 0. The zero-order chi connectivity index (χ0) is 30.6. The van der Waals surface area contributed by atoms with E-state index < -0.39 is 8.32 Å². The predicted octanol–water partition coefficient (Wildman–Crippen LogP) is 9.23. The number of unbranched alkanes of at least 4 members (excludes halogenated alkanes) is 6. The van der Waals surface area contributed by atoms with E-state index in [0.717, 1.165) is 30.3 Å². The molecule has 0 saturated heterocycles. The minimum Gasteiger partial charge on any atom is -0.492 e. The van der Waals surface area contributed by atoms with Crippen LogP contribution in [0.4, 0.5) is 0 Å². The minimum absolute atomic E-state index is 0.147. The van der Waals surface area contributed by atoms with Crippen molar-refractivity contribution in [2.24, 2.45) is 0 Å². The average Bonchev–Trinajstić information content (AvgIpc) is 2.96. The van der Waals surface area contributed by atoms with E-state index >= 15 is 0 Å². The molecule has 0 fully saturated rings. The molecule has 0 amide bonds. The highest BCUT2D eigenvalue weighted by atomic mass is 28.4. The van der Waals surface area contributed by atoms with Gasteiger partial charge in [-0.05, 0) is 60.3 Å². The van der Waals surface area contributed by atoms with Crippen LogP contribution in [-0.2, 0) is 19.3 Å². The Morgan fingerprint density at radius 2 is 1.38 bits per heavy atom. The molecule has 0 saturated carbocycles. The first-order valence-electron chi connectivity index (χ1n) is 15.8. The maximum absolute atomic E-state index is 6.39. The molecule has 0 aliphatic carbocycles. The van der Waals surface area contributed by atoms with Crippen LogP contribution in [0.2, 0.25) is 18.1 Å². The first-order valence-corrected chi connectivity index (χ1v) is 18.7. The van der Waals surface area contributed by atoms with Gasteiger partial charge in [-0.3, -0.25) is 0 Å². The van der Waals surface area contributed by atoms with Gasteiger partial charge in [0.05, 0.1) is 6.61 Å². The molecule has 0 aromatic heterocycles. The van der Waals surface area contributed by atoms with Crippen molar-refractivity contribution in [3.05, 3.63) is 53.6 Å². The summed E-state index contributed by atoms with van der Waals surface area (Å²) in [7, 11) is 1.65. The maximum Gasteiger partial charge on any atom is 0.191 e. The van der Waals surface area contributed by atoms with E-state index in [1.165, 1.54) is 56.1 Å². The Labute approximate surface area is 256 Å². The third-order valence-electron chi connectivity index (χ3n) is 9.26. The number of rotatable bonds is 18.